The standard InChI is InChI=1S/C15H19ClN4O3S/c16-14-8-13(4-3-11(14)9-18)24(22,23)20-7-1-2-12(10-20)15(21)19-6-5-17/h3-4,8,12H,1-2,5-7,10,17H2,(H,19,21). The van der Waals surface area contributed by atoms with E-state index < -0.39 is 15.9 Å². The first-order chi connectivity index (χ1) is 11.4. The van der Waals surface area contributed by atoms with Crippen LogP contribution in [0.1, 0.15) is 18.4 Å². The summed E-state index contributed by atoms with van der Waals surface area (Å²) >= 11 is 5.93. The topological polar surface area (TPSA) is 116 Å². The van der Waals surface area contributed by atoms with E-state index in [9.17, 15) is 13.2 Å². The number of halogens is 1. The van der Waals surface area contributed by atoms with Gasteiger partial charge < -0.3 is 11.1 Å². The lowest BCUT2D eigenvalue weighted by Crippen LogP contribution is -2.46. The number of rotatable bonds is 5. The van der Waals surface area contributed by atoms with Crippen molar-refractivity contribution in [2.45, 2.75) is 17.7 Å². The molecule has 1 aliphatic rings. The van der Waals surface area contributed by atoms with Crippen molar-refractivity contribution in [2.24, 2.45) is 11.7 Å². The zero-order valence-electron chi connectivity index (χ0n) is 13.0. The van der Waals surface area contributed by atoms with Crippen molar-refractivity contribution >= 4 is 27.5 Å². The summed E-state index contributed by atoms with van der Waals surface area (Å²) in [5, 5.41) is 11.7. The zero-order valence-corrected chi connectivity index (χ0v) is 14.6. The number of sulfonamides is 1. The second-order valence-electron chi connectivity index (χ2n) is 5.54. The van der Waals surface area contributed by atoms with Crippen LogP contribution >= 0.6 is 11.6 Å². The Morgan fingerprint density at radius 2 is 2.25 bits per heavy atom. The Bertz CT molecular complexity index is 760. The molecule has 1 fully saturated rings. The molecule has 1 heterocycles. The lowest BCUT2D eigenvalue weighted by molar-refractivity contribution is -0.126. The summed E-state index contributed by atoms with van der Waals surface area (Å²) in [6.45, 7) is 1.18. The van der Waals surface area contributed by atoms with Crippen molar-refractivity contribution in [3.8, 4) is 6.07 Å². The van der Waals surface area contributed by atoms with Crippen molar-refractivity contribution in [2.75, 3.05) is 26.2 Å². The monoisotopic (exact) mass is 370 g/mol. The minimum Gasteiger partial charge on any atom is -0.355 e. The smallest absolute Gasteiger partial charge is 0.243 e. The van der Waals surface area contributed by atoms with E-state index in [-0.39, 0.29) is 27.9 Å². The summed E-state index contributed by atoms with van der Waals surface area (Å²) in [6, 6.07) is 5.90. The summed E-state index contributed by atoms with van der Waals surface area (Å²) in [5.41, 5.74) is 5.58. The largest absolute Gasteiger partial charge is 0.355 e. The minimum absolute atomic E-state index is 0.0227. The van der Waals surface area contributed by atoms with Gasteiger partial charge in [-0.1, -0.05) is 11.6 Å². The van der Waals surface area contributed by atoms with Gasteiger partial charge in [0.1, 0.15) is 6.07 Å². The minimum atomic E-state index is -3.76. The molecular formula is C15H19ClN4O3S. The molecule has 9 heteroatoms. The molecule has 3 N–H and O–H groups in total. The molecule has 0 spiro atoms. The number of nitrogens with one attached hydrogen (secondary N) is 1. The van der Waals surface area contributed by atoms with Crippen molar-refractivity contribution in [3.63, 3.8) is 0 Å². The Hall–Kier alpha value is -1.66. The molecule has 0 aromatic heterocycles. The van der Waals surface area contributed by atoms with E-state index in [2.05, 4.69) is 5.32 Å². The van der Waals surface area contributed by atoms with Gasteiger partial charge in [-0.2, -0.15) is 9.57 Å². The highest BCUT2D eigenvalue weighted by Crippen LogP contribution is 2.26. The molecule has 0 bridgehead atoms. The average Bonchev–Trinajstić information content (AvgIpc) is 2.59. The lowest BCUT2D eigenvalue weighted by atomic mass is 9.99. The average molecular weight is 371 g/mol. The number of hydrogen-bond donors (Lipinski definition) is 2. The van der Waals surface area contributed by atoms with E-state index in [1.54, 1.807) is 0 Å². The number of carbonyl (C=O) groups excluding carboxylic acids is 1. The Balaban J connectivity index is 2.18. The van der Waals surface area contributed by atoms with Crippen LogP contribution in [-0.4, -0.2) is 44.8 Å². The summed E-state index contributed by atoms with van der Waals surface area (Å²) in [5.74, 6) is -0.577. The molecule has 1 atom stereocenters. The number of benzene rings is 1. The highest BCUT2D eigenvalue weighted by Gasteiger charge is 2.33. The van der Waals surface area contributed by atoms with Crippen LogP contribution in [-0.2, 0) is 14.8 Å². The molecule has 1 saturated heterocycles. The maximum atomic E-state index is 12.8. The van der Waals surface area contributed by atoms with Gasteiger partial charge in [0.05, 0.1) is 21.4 Å². The molecule has 1 aromatic carbocycles. The predicted octanol–water partition coefficient (Wildman–Crippen LogP) is 0.687. The molecule has 0 radical (unpaired) electrons. The molecule has 1 aromatic rings. The molecule has 0 saturated carbocycles. The van der Waals surface area contributed by atoms with Gasteiger partial charge >= 0.3 is 0 Å². The fourth-order valence-electron chi connectivity index (χ4n) is 2.61. The van der Waals surface area contributed by atoms with Crippen molar-refractivity contribution in [1.82, 2.24) is 9.62 Å². The van der Waals surface area contributed by atoms with Crippen LogP contribution in [0.4, 0.5) is 0 Å². The number of nitrogens with zero attached hydrogens (tertiary/aromatic N) is 2. The van der Waals surface area contributed by atoms with Crippen LogP contribution < -0.4 is 11.1 Å². The summed E-state index contributed by atoms with van der Waals surface area (Å²) in [4.78, 5) is 12.1. The molecular weight excluding hydrogens is 352 g/mol. The number of piperidine rings is 1. The van der Waals surface area contributed by atoms with Gasteiger partial charge in [0.15, 0.2) is 0 Å². The van der Waals surface area contributed by atoms with E-state index in [0.29, 0.717) is 32.5 Å². The Kier molecular flexibility index (Phi) is 6.18. The fraction of sp³-hybridized carbons (Fsp3) is 0.467. The zero-order chi connectivity index (χ0) is 17.7. The third kappa shape index (κ3) is 4.05. The summed E-state index contributed by atoms with van der Waals surface area (Å²) in [7, 11) is -3.76. The fourth-order valence-corrected chi connectivity index (χ4v) is 4.45. The van der Waals surface area contributed by atoms with E-state index in [1.807, 2.05) is 6.07 Å². The maximum Gasteiger partial charge on any atom is 0.243 e. The molecule has 2 rings (SSSR count). The van der Waals surface area contributed by atoms with E-state index in [4.69, 9.17) is 22.6 Å². The van der Waals surface area contributed by atoms with Crippen LogP contribution in [0.2, 0.25) is 5.02 Å². The molecule has 1 amide bonds. The third-order valence-electron chi connectivity index (χ3n) is 3.90. The van der Waals surface area contributed by atoms with Crippen LogP contribution in [0, 0.1) is 17.2 Å². The summed E-state index contributed by atoms with van der Waals surface area (Å²) in [6.07, 6.45) is 1.24. The molecule has 7 nitrogen and oxygen atoms in total. The second kappa shape index (κ2) is 7.94. The van der Waals surface area contributed by atoms with Gasteiger partial charge in [0.2, 0.25) is 15.9 Å². The number of amides is 1. The number of carbonyl (C=O) groups is 1. The maximum absolute atomic E-state index is 12.8. The first-order valence-corrected chi connectivity index (χ1v) is 9.39. The van der Waals surface area contributed by atoms with Crippen LogP contribution in [0.3, 0.4) is 0 Å². The number of hydrogen-bond acceptors (Lipinski definition) is 5. The summed E-state index contributed by atoms with van der Waals surface area (Å²) < 4.78 is 26.8. The van der Waals surface area contributed by atoms with Crippen molar-refractivity contribution in [3.05, 3.63) is 28.8 Å². The number of nitriles is 1. The molecule has 130 valence electrons. The van der Waals surface area contributed by atoms with Crippen molar-refractivity contribution in [1.29, 1.82) is 5.26 Å². The molecule has 0 aliphatic carbocycles. The van der Waals surface area contributed by atoms with Gasteiger partial charge in [-0.3, -0.25) is 4.79 Å². The highest BCUT2D eigenvalue weighted by atomic mass is 35.5. The van der Waals surface area contributed by atoms with E-state index in [1.165, 1.54) is 22.5 Å². The first-order valence-electron chi connectivity index (χ1n) is 7.57. The van der Waals surface area contributed by atoms with E-state index in [0.717, 1.165) is 0 Å². The SMILES string of the molecule is N#Cc1ccc(S(=O)(=O)N2CCCC(C(=O)NCCN)C2)cc1Cl. The van der Waals surface area contributed by atoms with E-state index >= 15 is 0 Å². The normalized spacial score (nSPS) is 18.8. The van der Waals surface area contributed by atoms with Crippen LogP contribution in [0.25, 0.3) is 0 Å². The second-order valence-corrected chi connectivity index (χ2v) is 7.88. The third-order valence-corrected chi connectivity index (χ3v) is 6.07. The van der Waals surface area contributed by atoms with Gasteiger partial charge in [-0.05, 0) is 31.0 Å². The lowest BCUT2D eigenvalue weighted by Gasteiger charge is -2.31. The first kappa shape index (κ1) is 18.7. The Labute approximate surface area is 146 Å². The quantitative estimate of drug-likeness (QED) is 0.790. The Morgan fingerprint density at radius 1 is 1.50 bits per heavy atom. The van der Waals surface area contributed by atoms with Gasteiger partial charge in [0.25, 0.3) is 0 Å². The van der Waals surface area contributed by atoms with Gasteiger partial charge in [-0.15, -0.1) is 0 Å². The van der Waals surface area contributed by atoms with Crippen molar-refractivity contribution < 1.29 is 13.2 Å². The molecule has 1 unspecified atom stereocenters. The van der Waals surface area contributed by atoms with Crippen LogP contribution in [0.5, 0.6) is 0 Å². The highest BCUT2D eigenvalue weighted by molar-refractivity contribution is 7.89. The Morgan fingerprint density at radius 3 is 2.88 bits per heavy atom. The number of nitrogens with two attached hydrogens (primary N) is 1. The molecule has 1 aliphatic heterocycles. The predicted molar refractivity (Wildman–Crippen MR) is 89.7 cm³/mol. The molecule has 24 heavy (non-hydrogen) atoms. The van der Waals surface area contributed by atoms with Crippen LogP contribution in [0.15, 0.2) is 23.1 Å². The van der Waals surface area contributed by atoms with Gasteiger partial charge in [-0.25, -0.2) is 8.42 Å². The van der Waals surface area contributed by atoms with Gasteiger partial charge in [0, 0.05) is 26.2 Å².